The molecule has 0 amide bonds. The van der Waals surface area contributed by atoms with Gasteiger partial charge >= 0.3 is 60.1 Å². The molecule has 129 heavy (non-hydrogen) atoms. The number of thiophene rings is 1. The van der Waals surface area contributed by atoms with Crippen LogP contribution in [0.15, 0.2) is 308 Å². The number of benzene rings is 12. The van der Waals surface area contributed by atoms with Crippen molar-refractivity contribution in [3.05, 3.63) is 385 Å². The number of ketones is 1. The van der Waals surface area contributed by atoms with Gasteiger partial charge in [-0.15, -0.1) is 26.6 Å². The van der Waals surface area contributed by atoms with Crippen molar-refractivity contribution < 1.29 is 108 Å². The van der Waals surface area contributed by atoms with Crippen LogP contribution in [0.1, 0.15) is 110 Å². The van der Waals surface area contributed by atoms with E-state index < -0.39 is 47.8 Å². The highest BCUT2D eigenvalue weighted by Crippen LogP contribution is 2.37. The number of carbonyl (C=O) groups excluding carboxylic acids is 5. The van der Waals surface area contributed by atoms with E-state index in [0.29, 0.717) is 43.4 Å². The van der Waals surface area contributed by atoms with Gasteiger partial charge in [-0.25, -0.2) is 48.3 Å². The number of fused-ring (bicyclic) bond motifs is 10. The summed E-state index contributed by atoms with van der Waals surface area (Å²) in [6.45, 7) is 3.71. The van der Waals surface area contributed by atoms with Gasteiger partial charge in [0, 0.05) is 45.9 Å². The Morgan fingerprint density at radius 3 is 1.33 bits per heavy atom. The minimum atomic E-state index is -1.17. The minimum absolute atomic E-state index is 0.00630. The zero-order valence-electron chi connectivity index (χ0n) is 66.9. The Bertz CT molecular complexity index is 6960. The third kappa shape index (κ3) is 27.6. The topological polar surface area (TPSA) is 507 Å². The lowest BCUT2D eigenvalue weighted by Gasteiger charge is -2.07. The number of aromatic nitrogens is 8. The predicted molar refractivity (Wildman–Crippen MR) is 481 cm³/mol. The molecule has 0 aliphatic heterocycles. The lowest BCUT2D eigenvalue weighted by Crippen LogP contribution is -2.00. The molecule has 0 atom stereocenters. The molecular formula is C95H66Cl2N8O22S2. The number of pyridine rings is 2. The number of hydrogen-bond donors (Lipinski definition) is 9. The van der Waals surface area contributed by atoms with Crippen LogP contribution in [0.3, 0.4) is 0 Å². The van der Waals surface area contributed by atoms with Crippen molar-refractivity contribution in [3.63, 3.8) is 0 Å². The van der Waals surface area contributed by atoms with Gasteiger partial charge in [0.25, 0.3) is 0 Å². The van der Waals surface area contributed by atoms with E-state index in [4.69, 9.17) is 78.1 Å². The number of phenolic OH excluding ortho intramolecular Hbond substituents is 1. The molecule has 1 aliphatic carbocycles. The van der Waals surface area contributed by atoms with E-state index in [9.17, 15) is 53.4 Å². The highest BCUT2D eigenvalue weighted by atomic mass is 35.5. The molecule has 12 aromatic carbocycles. The fourth-order valence-corrected chi connectivity index (χ4v) is 13.5. The van der Waals surface area contributed by atoms with Crippen LogP contribution in [0.5, 0.6) is 5.75 Å². The van der Waals surface area contributed by atoms with Crippen molar-refractivity contribution >= 4 is 188 Å². The van der Waals surface area contributed by atoms with E-state index in [-0.39, 0.29) is 62.2 Å². The van der Waals surface area contributed by atoms with Gasteiger partial charge in [-0.2, -0.15) is 19.2 Å². The number of halogens is 2. The number of aromatic carboxylic acids is 8. The number of carboxylic acid groups (broad SMARTS) is 8. The van der Waals surface area contributed by atoms with Crippen LogP contribution >= 0.6 is 46.1 Å². The first kappa shape index (κ1) is 97.2. The number of para-hydroxylation sites is 3. The number of nitrogens with zero attached hydrogens (tertiary/aromatic N) is 8. The SMILES string of the molecule is Cc1ccsc1C(=O)O.Cc1csnn1.O=C(O)c1c2ccccc2cc2ccccc12.O=C(O)c1cc(Cl)nnc1Cl.O=C(O)c1cc(O)cc2ccccc12.O=C(O)c1ccc2c(c1)C(=O)c1ccccc1-2.O=C(O)c1ccc2ccccc2n1.O=C(O)c1cccc2ccccc12.O=C(O)c1nccc2ccccc12.O=C=O.O=C=O.c1ccc2nccnc2c1. The van der Waals surface area contributed by atoms with E-state index >= 15 is 0 Å². The molecule has 1 aliphatic rings. The minimum Gasteiger partial charge on any atom is -0.508 e. The molecule has 644 valence electrons. The number of phenols is 1. The van der Waals surface area contributed by atoms with Gasteiger partial charge in [-0.1, -0.05) is 228 Å². The standard InChI is InChI=1S/C15H10O2.C14H8O3.C11H8O3.C11H8O2.2C10H7NO2.C8H6N2.C6H6O2S.C5H2Cl2N2O2.C3H4N2S.2CO2/c16-15(17)14-12-7-3-1-5-10(12)9-11-6-2-4-8-13(11)14;15-13-11-4-2-1-3-9(11)10-6-5-8(14(16)17)7-12(10)13;12-8-5-7-3-1-2-4-9(7)10(6-8)11(13)14;12-11(13)10-7-3-5-8-4-1-2-6-9(8)10;12-10(13)9-8-4-2-1-3-7(8)5-6-11-9;12-10(13)9-6-5-7-3-1-2-4-8(7)11-9;1-2-4-8-7(3-1)9-5-6-10-8;1-4-2-3-9-5(4)6(7)8;6-3-1-2(5(10)11)4(7)9-8-3;1-3-2-6-5-4-3;2*2-1-3/h1-9H,(H,16,17);1-7H,(H,16,17);1-6,12H,(H,13,14);1-7H,(H,12,13);2*1-6H,(H,12,13);1-6H;2-3H,1H3,(H,7,8);1H,(H,10,11);2H,1H3;;. The fraction of sp³-hybridized carbons (Fsp3) is 0.0211. The Balaban J connectivity index is 0.000000177. The van der Waals surface area contributed by atoms with Crippen molar-refractivity contribution in [2.75, 3.05) is 0 Å². The second kappa shape index (κ2) is 48.6. The van der Waals surface area contributed by atoms with Crippen molar-refractivity contribution in [1.29, 1.82) is 0 Å². The largest absolute Gasteiger partial charge is 0.508 e. The van der Waals surface area contributed by atoms with Crippen LogP contribution in [-0.2, 0) is 19.2 Å². The van der Waals surface area contributed by atoms with Crippen LogP contribution in [0.2, 0.25) is 10.3 Å². The maximum atomic E-state index is 12.1. The second-order valence-electron chi connectivity index (χ2n) is 25.8. The number of rotatable bonds is 8. The fourth-order valence-electron chi connectivity index (χ4n) is 12.0. The van der Waals surface area contributed by atoms with E-state index in [0.717, 1.165) is 88.0 Å². The zero-order valence-corrected chi connectivity index (χ0v) is 70.1. The molecule has 0 radical (unpaired) electrons. The quantitative estimate of drug-likeness (QED) is 0.0638. The third-order valence-electron chi connectivity index (χ3n) is 17.6. The first-order valence-corrected chi connectivity index (χ1v) is 39.5. The van der Waals surface area contributed by atoms with Crippen molar-refractivity contribution in [2.24, 2.45) is 0 Å². The summed E-state index contributed by atoms with van der Waals surface area (Å²) in [7, 11) is 0. The molecule has 34 heteroatoms. The molecule has 0 unspecified atom stereocenters. The number of carbonyl (C=O) groups is 9. The molecule has 6 aromatic heterocycles. The van der Waals surface area contributed by atoms with Crippen molar-refractivity contribution in [1.82, 2.24) is 39.7 Å². The zero-order chi connectivity index (χ0) is 93.6. The Kier molecular flexibility index (Phi) is 36.6. The van der Waals surface area contributed by atoms with Gasteiger partial charge in [-0.3, -0.25) is 14.8 Å². The number of aryl methyl sites for hydroxylation is 2. The lowest BCUT2D eigenvalue weighted by molar-refractivity contribution is -0.193. The summed E-state index contributed by atoms with van der Waals surface area (Å²) in [5, 5.41) is 103. The van der Waals surface area contributed by atoms with E-state index in [2.05, 4.69) is 39.7 Å². The second-order valence-corrected chi connectivity index (χ2v) is 28.1. The molecule has 0 saturated carbocycles. The highest BCUT2D eigenvalue weighted by molar-refractivity contribution is 7.12. The Hall–Kier alpha value is -17.3. The molecule has 6 heterocycles. The normalized spacial score (nSPS) is 10.0. The van der Waals surface area contributed by atoms with Crippen LogP contribution in [0, 0.1) is 13.8 Å². The van der Waals surface area contributed by atoms with Gasteiger partial charge in [0.05, 0.1) is 44.5 Å². The van der Waals surface area contributed by atoms with Crippen LogP contribution in [0.4, 0.5) is 0 Å². The van der Waals surface area contributed by atoms with E-state index in [1.54, 1.807) is 122 Å². The Morgan fingerprint density at radius 1 is 0.364 bits per heavy atom. The van der Waals surface area contributed by atoms with Gasteiger partial charge in [0.1, 0.15) is 21.9 Å². The molecule has 0 bridgehead atoms. The average molecular weight is 1810 g/mol. The van der Waals surface area contributed by atoms with Crippen LogP contribution in [0.25, 0.3) is 86.9 Å². The summed E-state index contributed by atoms with van der Waals surface area (Å²) in [5.74, 6) is -7.92. The Morgan fingerprint density at radius 2 is 0.845 bits per heavy atom. The van der Waals surface area contributed by atoms with Crippen LogP contribution in [-0.4, -0.2) is 152 Å². The molecule has 0 fully saturated rings. The summed E-state index contributed by atoms with van der Waals surface area (Å²) < 4.78 is 3.61. The van der Waals surface area contributed by atoms with Crippen LogP contribution < -0.4 is 0 Å². The smallest absolute Gasteiger partial charge is 0.373 e. The summed E-state index contributed by atoms with van der Waals surface area (Å²) in [6, 6.07) is 82.2. The molecule has 19 rings (SSSR count). The van der Waals surface area contributed by atoms with Gasteiger partial charge in [-0.05, 0) is 175 Å². The molecule has 30 nitrogen and oxygen atoms in total. The Labute approximate surface area is 747 Å². The molecular weight excluding hydrogens is 1740 g/mol. The molecule has 18 aromatic rings. The summed E-state index contributed by atoms with van der Waals surface area (Å²) in [6.07, 6.45) is 5.40. The van der Waals surface area contributed by atoms with E-state index in [1.807, 2.05) is 164 Å². The molecule has 0 saturated heterocycles. The van der Waals surface area contributed by atoms with Gasteiger partial charge in [0.2, 0.25) is 0 Å². The first-order valence-electron chi connectivity index (χ1n) is 37.1. The molecule has 0 spiro atoms. The van der Waals surface area contributed by atoms with Crippen molar-refractivity contribution in [3.8, 4) is 16.9 Å². The highest BCUT2D eigenvalue weighted by Gasteiger charge is 2.27. The average Bonchev–Trinajstić information content (AvgIpc) is 1.54. The maximum absolute atomic E-state index is 12.1. The lowest BCUT2D eigenvalue weighted by atomic mass is 9.97. The summed E-state index contributed by atoms with van der Waals surface area (Å²) in [4.78, 5) is 147. The summed E-state index contributed by atoms with van der Waals surface area (Å²) in [5.41, 5.74) is 8.33. The summed E-state index contributed by atoms with van der Waals surface area (Å²) >= 11 is 13.4. The number of carboxylic acids is 8. The maximum Gasteiger partial charge on any atom is 0.373 e. The monoisotopic (exact) mass is 1800 g/mol. The molecule has 9 N–H and O–H groups in total. The predicted octanol–water partition coefficient (Wildman–Crippen LogP) is 19.5. The van der Waals surface area contributed by atoms with E-state index in [1.165, 1.54) is 53.3 Å². The number of aromatic hydroxyl groups is 1. The first-order chi connectivity index (χ1) is 62.0. The third-order valence-corrected chi connectivity index (χ3v) is 19.7. The van der Waals surface area contributed by atoms with Gasteiger partial charge in [0.15, 0.2) is 21.8 Å². The number of hydrogen-bond acceptors (Lipinski definition) is 24. The van der Waals surface area contributed by atoms with Crippen molar-refractivity contribution in [2.45, 2.75) is 13.8 Å². The van der Waals surface area contributed by atoms with Gasteiger partial charge < -0.3 is 46.0 Å².